The lowest BCUT2D eigenvalue weighted by atomic mass is 9.98. The Balaban J connectivity index is 1.68. The van der Waals surface area contributed by atoms with Crippen LogP contribution in [-0.4, -0.2) is 18.5 Å². The minimum atomic E-state index is 0.0621. The van der Waals surface area contributed by atoms with E-state index in [1.165, 1.54) is 0 Å². The third-order valence-corrected chi connectivity index (χ3v) is 4.11. The number of hydrogen-bond acceptors (Lipinski definition) is 3. The average molecular weight is 280 g/mol. The molecular weight excluding hydrogens is 264 g/mol. The molecule has 0 radical (unpaired) electrons. The highest BCUT2D eigenvalue weighted by molar-refractivity contribution is 6.09. The van der Waals surface area contributed by atoms with E-state index in [-0.39, 0.29) is 11.9 Å². The first-order chi connectivity index (χ1) is 10.2. The zero-order chi connectivity index (χ0) is 14.4. The Morgan fingerprint density at radius 2 is 1.76 bits per heavy atom. The van der Waals surface area contributed by atoms with Gasteiger partial charge in [-0.1, -0.05) is 0 Å². The normalized spacial score (nSPS) is 18.6. The topological polar surface area (TPSA) is 35.5 Å². The van der Waals surface area contributed by atoms with E-state index in [1.807, 2.05) is 43.3 Å². The first-order valence-electron chi connectivity index (χ1n) is 7.31. The van der Waals surface area contributed by atoms with E-state index in [2.05, 4.69) is 0 Å². The Labute approximate surface area is 123 Å². The summed E-state index contributed by atoms with van der Waals surface area (Å²) in [7, 11) is 0. The number of rotatable bonds is 2. The third kappa shape index (κ3) is 2.09. The Kier molecular flexibility index (Phi) is 2.74. The number of hydrogen-bond donors (Lipinski definition) is 0. The lowest BCUT2D eigenvalue weighted by Gasteiger charge is -2.06. The van der Waals surface area contributed by atoms with Gasteiger partial charge in [-0.2, -0.15) is 0 Å². The highest BCUT2D eigenvalue weighted by atomic mass is 16.5. The minimum absolute atomic E-state index is 0.0621. The second-order valence-corrected chi connectivity index (χ2v) is 5.71. The predicted octanol–water partition coefficient (Wildman–Crippen LogP) is 3.18. The van der Waals surface area contributed by atoms with Crippen molar-refractivity contribution in [3.8, 4) is 11.5 Å². The van der Waals surface area contributed by atoms with Crippen LogP contribution in [0, 0.1) is 0 Å². The van der Waals surface area contributed by atoms with Gasteiger partial charge in [0.25, 0.3) is 0 Å². The first kappa shape index (κ1) is 12.5. The highest BCUT2D eigenvalue weighted by Crippen LogP contribution is 2.31. The second-order valence-electron chi connectivity index (χ2n) is 5.71. The summed E-state index contributed by atoms with van der Waals surface area (Å²) in [5.41, 5.74) is 3.70. The van der Waals surface area contributed by atoms with Crippen molar-refractivity contribution in [2.45, 2.75) is 25.9 Å². The van der Waals surface area contributed by atoms with E-state index in [4.69, 9.17) is 9.47 Å². The molecule has 3 heteroatoms. The van der Waals surface area contributed by atoms with Crippen LogP contribution in [0.1, 0.15) is 34.0 Å². The Morgan fingerprint density at radius 1 is 1.05 bits per heavy atom. The summed E-state index contributed by atoms with van der Waals surface area (Å²) in [6, 6.07) is 11.4. The standard InChI is InChI=1S/C18H16O3/c1-11-8-15-10-14(3-5-17(15)21-11)18(19)13-2-4-16-12(9-13)6-7-20-16/h2-5,9-11H,6-8H2,1H3. The maximum atomic E-state index is 12.6. The van der Waals surface area contributed by atoms with Crippen LogP contribution < -0.4 is 9.47 Å². The summed E-state index contributed by atoms with van der Waals surface area (Å²) < 4.78 is 11.2. The lowest BCUT2D eigenvalue weighted by molar-refractivity contribution is 0.103. The maximum Gasteiger partial charge on any atom is 0.193 e. The van der Waals surface area contributed by atoms with Crippen molar-refractivity contribution in [3.63, 3.8) is 0 Å². The third-order valence-electron chi connectivity index (χ3n) is 4.11. The maximum absolute atomic E-state index is 12.6. The summed E-state index contributed by atoms with van der Waals surface area (Å²) in [5, 5.41) is 0. The smallest absolute Gasteiger partial charge is 0.193 e. The Bertz CT molecular complexity index is 733. The zero-order valence-corrected chi connectivity index (χ0v) is 11.9. The van der Waals surface area contributed by atoms with Crippen LogP contribution in [0.2, 0.25) is 0 Å². The molecular formula is C18H16O3. The molecule has 0 amide bonds. The van der Waals surface area contributed by atoms with E-state index in [9.17, 15) is 4.79 Å². The van der Waals surface area contributed by atoms with Gasteiger partial charge in [0, 0.05) is 24.0 Å². The second kappa shape index (κ2) is 4.62. The molecule has 1 unspecified atom stereocenters. The van der Waals surface area contributed by atoms with Crippen LogP contribution in [0.5, 0.6) is 11.5 Å². The van der Waals surface area contributed by atoms with Gasteiger partial charge in [-0.25, -0.2) is 0 Å². The minimum Gasteiger partial charge on any atom is -0.493 e. The van der Waals surface area contributed by atoms with Crippen molar-refractivity contribution in [3.05, 3.63) is 58.7 Å². The number of ketones is 1. The predicted molar refractivity (Wildman–Crippen MR) is 79.3 cm³/mol. The van der Waals surface area contributed by atoms with Gasteiger partial charge in [0.2, 0.25) is 0 Å². The van der Waals surface area contributed by atoms with E-state index < -0.39 is 0 Å². The monoisotopic (exact) mass is 280 g/mol. The Hall–Kier alpha value is -2.29. The fourth-order valence-corrected chi connectivity index (χ4v) is 3.06. The van der Waals surface area contributed by atoms with Gasteiger partial charge in [0.15, 0.2) is 5.78 Å². The fourth-order valence-electron chi connectivity index (χ4n) is 3.06. The summed E-state index contributed by atoms with van der Waals surface area (Å²) >= 11 is 0. The van der Waals surface area contributed by atoms with Crippen LogP contribution in [0.4, 0.5) is 0 Å². The summed E-state index contributed by atoms with van der Waals surface area (Å²) in [5.74, 6) is 1.87. The molecule has 0 aliphatic carbocycles. The molecule has 2 aromatic rings. The molecule has 0 bridgehead atoms. The van der Waals surface area contributed by atoms with E-state index in [0.29, 0.717) is 6.61 Å². The molecule has 21 heavy (non-hydrogen) atoms. The molecule has 106 valence electrons. The van der Waals surface area contributed by atoms with E-state index in [0.717, 1.165) is 46.6 Å². The van der Waals surface area contributed by atoms with E-state index >= 15 is 0 Å². The van der Waals surface area contributed by atoms with Gasteiger partial charge in [-0.3, -0.25) is 4.79 Å². The summed E-state index contributed by atoms with van der Waals surface area (Å²) in [6.45, 7) is 2.75. The molecule has 2 heterocycles. The van der Waals surface area contributed by atoms with Crippen molar-refractivity contribution in [2.75, 3.05) is 6.61 Å². The molecule has 2 aromatic carbocycles. The van der Waals surface area contributed by atoms with Crippen molar-refractivity contribution >= 4 is 5.78 Å². The molecule has 0 aromatic heterocycles. The molecule has 0 saturated heterocycles. The van der Waals surface area contributed by atoms with E-state index in [1.54, 1.807) is 0 Å². The summed E-state index contributed by atoms with van der Waals surface area (Å²) in [4.78, 5) is 12.6. The van der Waals surface area contributed by atoms with Crippen LogP contribution in [-0.2, 0) is 12.8 Å². The summed E-state index contributed by atoms with van der Waals surface area (Å²) in [6.07, 6.45) is 1.95. The number of carbonyl (C=O) groups excluding carboxylic acids is 1. The average Bonchev–Trinajstić information content (AvgIpc) is 3.09. The molecule has 0 saturated carbocycles. The molecule has 2 aliphatic rings. The highest BCUT2D eigenvalue weighted by Gasteiger charge is 2.21. The van der Waals surface area contributed by atoms with Gasteiger partial charge in [0.05, 0.1) is 6.61 Å². The zero-order valence-electron chi connectivity index (χ0n) is 11.9. The molecule has 0 spiro atoms. The van der Waals surface area contributed by atoms with Gasteiger partial charge >= 0.3 is 0 Å². The SMILES string of the molecule is CC1Cc2cc(C(=O)c3ccc4c(c3)CCO4)ccc2O1. The molecule has 2 aliphatic heterocycles. The fraction of sp³-hybridized carbons (Fsp3) is 0.278. The van der Waals surface area contributed by atoms with Crippen molar-refractivity contribution in [2.24, 2.45) is 0 Å². The van der Waals surface area contributed by atoms with Gasteiger partial charge in [-0.05, 0) is 54.4 Å². The van der Waals surface area contributed by atoms with Crippen molar-refractivity contribution in [1.82, 2.24) is 0 Å². The van der Waals surface area contributed by atoms with Crippen molar-refractivity contribution < 1.29 is 14.3 Å². The van der Waals surface area contributed by atoms with Gasteiger partial charge in [-0.15, -0.1) is 0 Å². The number of carbonyl (C=O) groups is 1. The Morgan fingerprint density at radius 3 is 2.57 bits per heavy atom. The van der Waals surface area contributed by atoms with Crippen LogP contribution in [0.15, 0.2) is 36.4 Å². The van der Waals surface area contributed by atoms with Gasteiger partial charge < -0.3 is 9.47 Å². The lowest BCUT2D eigenvalue weighted by Crippen LogP contribution is -2.05. The number of ether oxygens (including phenoxy) is 2. The number of benzene rings is 2. The molecule has 0 N–H and O–H groups in total. The quantitative estimate of drug-likeness (QED) is 0.793. The number of fused-ring (bicyclic) bond motifs is 2. The molecule has 3 nitrogen and oxygen atoms in total. The van der Waals surface area contributed by atoms with Crippen LogP contribution in [0.25, 0.3) is 0 Å². The largest absolute Gasteiger partial charge is 0.493 e. The molecule has 1 atom stereocenters. The molecule has 0 fully saturated rings. The van der Waals surface area contributed by atoms with Crippen LogP contribution >= 0.6 is 0 Å². The van der Waals surface area contributed by atoms with Gasteiger partial charge in [0.1, 0.15) is 17.6 Å². The van der Waals surface area contributed by atoms with Crippen molar-refractivity contribution in [1.29, 1.82) is 0 Å². The first-order valence-corrected chi connectivity index (χ1v) is 7.31. The van der Waals surface area contributed by atoms with Crippen LogP contribution in [0.3, 0.4) is 0 Å². The molecule has 4 rings (SSSR count).